The van der Waals surface area contributed by atoms with Gasteiger partial charge in [-0.15, -0.1) is 0 Å². The van der Waals surface area contributed by atoms with Crippen LogP contribution in [-0.4, -0.2) is 159 Å². The van der Waals surface area contributed by atoms with Crippen molar-refractivity contribution in [3.8, 4) is 17.2 Å². The number of carboxylic acid groups (broad SMARTS) is 1. The minimum absolute atomic E-state index is 0.0622. The molecule has 0 amide bonds. The van der Waals surface area contributed by atoms with Crippen LogP contribution in [0.4, 0.5) is 0 Å². The quantitative estimate of drug-likeness (QED) is 0.0690. The molecular weight excluding hydrogens is 708 g/mol. The van der Waals surface area contributed by atoms with Crippen molar-refractivity contribution in [1.82, 2.24) is 0 Å². The van der Waals surface area contributed by atoms with Gasteiger partial charge in [0.2, 0.25) is 5.75 Å². The number of hydrogen-bond donors (Lipinski definition) is 8. The second-order valence-corrected chi connectivity index (χ2v) is 14.5. The lowest BCUT2D eigenvalue weighted by Gasteiger charge is -2.51. The van der Waals surface area contributed by atoms with E-state index < -0.39 is 103 Å². The van der Waals surface area contributed by atoms with E-state index in [2.05, 4.69) is 0 Å². The monoisotopic (exact) mass is 756 g/mol. The predicted molar refractivity (Wildman–Crippen MR) is 177 cm³/mol. The summed E-state index contributed by atoms with van der Waals surface area (Å²) in [6.07, 6.45) is -7.53. The molecule has 0 spiro atoms. The maximum Gasteiger partial charge on any atom is 0.338 e. The molecule has 12 atom stereocenters. The van der Waals surface area contributed by atoms with Gasteiger partial charge in [0.05, 0.1) is 45.7 Å². The average molecular weight is 757 g/mol. The van der Waals surface area contributed by atoms with Crippen LogP contribution >= 0.6 is 0 Å². The summed E-state index contributed by atoms with van der Waals surface area (Å²) in [6, 6.07) is 2.40. The third kappa shape index (κ3) is 7.76. The highest BCUT2D eigenvalue weighted by Gasteiger charge is 2.68. The maximum absolute atomic E-state index is 12.7. The number of carbonyl (C=O) groups is 2. The number of benzene rings is 1. The normalized spacial score (nSPS) is 40.0. The lowest BCUT2D eigenvalue weighted by molar-refractivity contribution is -0.326. The highest BCUT2D eigenvalue weighted by atomic mass is 16.7. The Kier molecular flexibility index (Phi) is 11.8. The molecule has 4 aliphatic rings. The van der Waals surface area contributed by atoms with Gasteiger partial charge in [-0.3, -0.25) is 0 Å². The van der Waals surface area contributed by atoms with Gasteiger partial charge in [0, 0.05) is 17.9 Å². The van der Waals surface area contributed by atoms with Crippen molar-refractivity contribution in [3.63, 3.8) is 0 Å². The van der Waals surface area contributed by atoms with Crippen molar-refractivity contribution in [1.29, 1.82) is 0 Å². The number of aliphatic hydroxyl groups is 6. The molecule has 3 heterocycles. The standard InChI is InChI=1S/C35H48O18/c1-17(6-7-23(36)37)10-35(45)32(2)11-19(12-33(35,3)51-14-32)52-30-27(41)26(40)25(39)22(53-30)13-48-31-28(42)34(44,16-50-31)15-49-29(43)18-8-20(46-4)24(38)21(9-18)47-5/h6-10,19,22,25-28,30-31,38-42,44-45H,11-16H2,1-5H3,(H,36,37)/b7-6+,17-10+/t19?,22-,25-,26+,27-,28+,30-,31+,32?,33?,34-,35?/m1/s1. The van der Waals surface area contributed by atoms with Crippen molar-refractivity contribution in [2.75, 3.05) is 40.6 Å². The molecule has 8 N–H and O–H groups in total. The van der Waals surface area contributed by atoms with Gasteiger partial charge in [-0.25, -0.2) is 9.59 Å². The molecule has 0 aromatic heterocycles. The predicted octanol–water partition coefficient (Wildman–Crippen LogP) is -0.869. The van der Waals surface area contributed by atoms with Gasteiger partial charge < -0.3 is 78.7 Å². The third-order valence-corrected chi connectivity index (χ3v) is 10.6. The molecule has 296 valence electrons. The Morgan fingerprint density at radius 2 is 1.60 bits per heavy atom. The smallest absolute Gasteiger partial charge is 0.338 e. The van der Waals surface area contributed by atoms with Crippen molar-refractivity contribution in [2.24, 2.45) is 5.41 Å². The summed E-state index contributed by atoms with van der Waals surface area (Å²) >= 11 is 0. The van der Waals surface area contributed by atoms with Gasteiger partial charge in [-0.2, -0.15) is 0 Å². The van der Waals surface area contributed by atoms with E-state index in [4.69, 9.17) is 43.0 Å². The van der Waals surface area contributed by atoms with Crippen LogP contribution in [0.15, 0.2) is 35.9 Å². The summed E-state index contributed by atoms with van der Waals surface area (Å²) in [5.74, 6) is -2.53. The molecule has 5 rings (SSSR count). The number of methoxy groups -OCH3 is 2. The molecule has 1 saturated carbocycles. The molecule has 0 radical (unpaired) electrons. The number of allylic oxidation sites excluding steroid dienone is 2. The van der Waals surface area contributed by atoms with Gasteiger partial charge in [-0.05, 0) is 38.5 Å². The molecule has 3 saturated heterocycles. The van der Waals surface area contributed by atoms with Crippen LogP contribution in [0.1, 0.15) is 44.0 Å². The van der Waals surface area contributed by atoms with Gasteiger partial charge in [0.15, 0.2) is 29.7 Å². The first-order valence-electron chi connectivity index (χ1n) is 16.9. The molecule has 3 aliphatic heterocycles. The topological polar surface area (TPSA) is 270 Å². The molecule has 2 bridgehead atoms. The molecule has 18 nitrogen and oxygen atoms in total. The Morgan fingerprint density at radius 3 is 2.21 bits per heavy atom. The first-order chi connectivity index (χ1) is 24.8. The molecule has 4 unspecified atom stereocenters. The summed E-state index contributed by atoms with van der Waals surface area (Å²) in [6.45, 7) is 3.54. The first-order valence-corrected chi connectivity index (χ1v) is 16.9. The number of phenolic OH excluding ortho intramolecular Hbond substituents is 1. The average Bonchev–Trinajstić information content (AvgIpc) is 3.42. The fourth-order valence-electron chi connectivity index (χ4n) is 7.37. The van der Waals surface area contributed by atoms with Crippen LogP contribution in [0.5, 0.6) is 17.2 Å². The summed E-state index contributed by atoms with van der Waals surface area (Å²) in [5, 5.41) is 85.1. The van der Waals surface area contributed by atoms with E-state index in [1.165, 1.54) is 32.4 Å². The highest BCUT2D eigenvalue weighted by Crippen LogP contribution is 2.58. The Hall–Kier alpha value is -3.40. The number of carbonyl (C=O) groups excluding carboxylic acids is 1. The Labute approximate surface area is 304 Å². The van der Waals surface area contributed by atoms with Crippen molar-refractivity contribution >= 4 is 11.9 Å². The number of aliphatic hydroxyl groups excluding tert-OH is 4. The zero-order valence-corrected chi connectivity index (χ0v) is 29.9. The molecular formula is C35H48O18. The second-order valence-electron chi connectivity index (χ2n) is 14.5. The number of aliphatic carboxylic acids is 1. The highest BCUT2D eigenvalue weighted by molar-refractivity contribution is 5.91. The molecule has 4 fully saturated rings. The van der Waals surface area contributed by atoms with Gasteiger partial charge in [0.25, 0.3) is 0 Å². The maximum atomic E-state index is 12.7. The fourth-order valence-corrected chi connectivity index (χ4v) is 7.37. The van der Waals surface area contributed by atoms with Gasteiger partial charge in [0.1, 0.15) is 48.3 Å². The molecule has 1 aromatic rings. The SMILES string of the molecule is COc1cc(C(=O)OC[C@@]2(O)CO[C@H](OC[C@H]3O[C@@H](OC4CC5(C)COC(C)(C4)C5(O)/C=C(C)/C=C/C(=O)O)[C@H](O)[C@@H](O)[C@@H]3O)[C@@H]2O)cc(OC)c1O. The van der Waals surface area contributed by atoms with Crippen molar-refractivity contribution < 1.29 is 88.3 Å². The van der Waals surface area contributed by atoms with E-state index in [9.17, 15) is 45.3 Å². The van der Waals surface area contributed by atoms with Crippen LogP contribution in [0.2, 0.25) is 0 Å². The zero-order chi connectivity index (χ0) is 39.1. The number of esters is 1. The number of hydrogen-bond acceptors (Lipinski definition) is 17. The number of fused-ring (bicyclic) bond motifs is 2. The van der Waals surface area contributed by atoms with Crippen molar-refractivity contribution in [3.05, 3.63) is 41.5 Å². The number of carboxylic acids is 1. The summed E-state index contributed by atoms with van der Waals surface area (Å²) in [7, 11) is 2.55. The van der Waals surface area contributed by atoms with Crippen LogP contribution < -0.4 is 9.47 Å². The molecule has 53 heavy (non-hydrogen) atoms. The third-order valence-electron chi connectivity index (χ3n) is 10.6. The summed E-state index contributed by atoms with van der Waals surface area (Å²) in [5.41, 5.74) is -5.29. The van der Waals surface area contributed by atoms with Crippen LogP contribution in [0.3, 0.4) is 0 Å². The number of rotatable bonds is 13. The Morgan fingerprint density at radius 1 is 0.943 bits per heavy atom. The summed E-state index contributed by atoms with van der Waals surface area (Å²) < 4.78 is 44.4. The fraction of sp³-hybridized carbons (Fsp3) is 0.657. The van der Waals surface area contributed by atoms with Crippen LogP contribution in [0.25, 0.3) is 0 Å². The van der Waals surface area contributed by atoms with Gasteiger partial charge in [-0.1, -0.05) is 18.6 Å². The largest absolute Gasteiger partial charge is 0.502 e. The zero-order valence-electron chi connectivity index (χ0n) is 29.9. The van der Waals surface area contributed by atoms with Gasteiger partial charge >= 0.3 is 11.9 Å². The number of phenols is 1. The minimum Gasteiger partial charge on any atom is -0.502 e. The van der Waals surface area contributed by atoms with E-state index in [0.717, 1.165) is 6.08 Å². The molecule has 1 aliphatic carbocycles. The van der Waals surface area contributed by atoms with E-state index >= 15 is 0 Å². The minimum atomic E-state index is -2.12. The summed E-state index contributed by atoms with van der Waals surface area (Å²) in [4.78, 5) is 23.7. The number of aromatic hydroxyl groups is 1. The van der Waals surface area contributed by atoms with E-state index in [0.29, 0.717) is 5.57 Å². The van der Waals surface area contributed by atoms with E-state index in [1.54, 1.807) is 26.8 Å². The molecule has 1 aromatic carbocycles. The lowest BCUT2D eigenvalue weighted by Crippen LogP contribution is -2.63. The number of ether oxygens (including phenoxy) is 8. The van der Waals surface area contributed by atoms with Crippen LogP contribution in [-0.2, 0) is 33.2 Å². The first kappa shape index (κ1) is 40.8. The molecule has 18 heteroatoms. The lowest BCUT2D eigenvalue weighted by atomic mass is 9.59. The Bertz CT molecular complexity index is 1530. The van der Waals surface area contributed by atoms with Crippen LogP contribution in [0, 0.1) is 5.41 Å². The second kappa shape index (κ2) is 15.4. The van der Waals surface area contributed by atoms with Crippen molar-refractivity contribution in [2.45, 2.75) is 99.6 Å². The van der Waals surface area contributed by atoms with E-state index in [1.807, 2.05) is 0 Å². The Balaban J connectivity index is 1.19. The van der Waals surface area contributed by atoms with E-state index in [-0.39, 0.29) is 42.3 Å².